The molecule has 3 rings (SSSR count). The maximum absolute atomic E-state index is 12.2. The van der Waals surface area contributed by atoms with Gasteiger partial charge in [0.05, 0.1) is 12.3 Å². The number of nitrogens with zero attached hydrogens (tertiary/aromatic N) is 5. The Labute approximate surface area is 180 Å². The van der Waals surface area contributed by atoms with Crippen molar-refractivity contribution < 1.29 is 19.4 Å². The molecule has 2 N–H and O–H groups in total. The van der Waals surface area contributed by atoms with E-state index in [2.05, 4.69) is 25.7 Å². The Bertz CT molecular complexity index is 1100. The van der Waals surface area contributed by atoms with Crippen LogP contribution in [0.5, 0.6) is 5.75 Å². The van der Waals surface area contributed by atoms with E-state index < -0.39 is 11.9 Å². The van der Waals surface area contributed by atoms with Crippen LogP contribution in [-0.4, -0.2) is 55.3 Å². The van der Waals surface area contributed by atoms with E-state index in [0.717, 1.165) is 0 Å². The molecule has 0 fully saturated rings. The zero-order valence-corrected chi connectivity index (χ0v) is 17.4. The molecule has 3 aromatic rings. The number of hydrogen-bond acceptors (Lipinski definition) is 8. The Morgan fingerprint density at radius 1 is 1.23 bits per heavy atom. The second-order valence-electron chi connectivity index (χ2n) is 6.01. The van der Waals surface area contributed by atoms with Crippen LogP contribution in [0.25, 0.3) is 17.1 Å². The van der Waals surface area contributed by atoms with E-state index in [-0.39, 0.29) is 30.4 Å². The molecule has 30 heavy (non-hydrogen) atoms. The quantitative estimate of drug-likeness (QED) is 0.546. The normalized spacial score (nSPS) is 10.7. The number of esters is 1. The first-order valence-corrected chi connectivity index (χ1v) is 9.45. The highest BCUT2D eigenvalue weighted by atomic mass is 35.5. The van der Waals surface area contributed by atoms with Crippen LogP contribution < -0.4 is 5.32 Å². The molecule has 1 amide bonds. The van der Waals surface area contributed by atoms with Gasteiger partial charge in [-0.1, -0.05) is 23.2 Å². The zero-order valence-electron chi connectivity index (χ0n) is 15.9. The van der Waals surface area contributed by atoms with Crippen LogP contribution in [0.2, 0.25) is 10.0 Å². The van der Waals surface area contributed by atoms with Gasteiger partial charge in [-0.25, -0.2) is 4.98 Å². The van der Waals surface area contributed by atoms with Crippen molar-refractivity contribution in [2.24, 2.45) is 0 Å². The largest absolute Gasteiger partial charge is 0.505 e. The van der Waals surface area contributed by atoms with Gasteiger partial charge in [-0.15, -0.1) is 15.0 Å². The molecule has 0 spiro atoms. The lowest BCUT2D eigenvalue weighted by atomic mass is 10.1. The molecule has 0 unspecified atom stereocenters. The summed E-state index contributed by atoms with van der Waals surface area (Å²) in [4.78, 5) is 28.8. The van der Waals surface area contributed by atoms with Crippen LogP contribution in [0.15, 0.2) is 24.4 Å². The van der Waals surface area contributed by atoms with Crippen molar-refractivity contribution in [2.45, 2.75) is 13.8 Å². The number of aromatic hydroxyl groups is 1. The van der Waals surface area contributed by atoms with Crippen molar-refractivity contribution in [1.29, 1.82) is 0 Å². The Morgan fingerprint density at radius 2 is 1.93 bits per heavy atom. The van der Waals surface area contributed by atoms with Crippen LogP contribution in [0.3, 0.4) is 0 Å². The van der Waals surface area contributed by atoms with Gasteiger partial charge in [-0.3, -0.25) is 9.59 Å². The summed E-state index contributed by atoms with van der Waals surface area (Å²) in [5.74, 6) is -1.51. The summed E-state index contributed by atoms with van der Waals surface area (Å²) in [5.41, 5.74) is 0.939. The number of rotatable bonds is 6. The number of hydrogen-bond donors (Lipinski definition) is 2. The van der Waals surface area contributed by atoms with Crippen molar-refractivity contribution >= 4 is 35.1 Å². The van der Waals surface area contributed by atoms with Crippen molar-refractivity contribution in [3.05, 3.63) is 45.7 Å². The molecule has 12 heteroatoms. The molecule has 10 nitrogen and oxygen atoms in total. The lowest BCUT2D eigenvalue weighted by molar-refractivity contribution is -0.141. The number of aromatic nitrogens is 5. The highest BCUT2D eigenvalue weighted by molar-refractivity contribution is 6.34. The van der Waals surface area contributed by atoms with E-state index in [1.807, 2.05) is 0 Å². The standard InChI is InChI=1S/C18H16Cl2N6O4/c1-3-30-14(27)8-22-18(29)15-16(28)9(2)13(7-21-15)17-23-25-26(24-17)12-5-10(19)4-11(20)6-12/h4-7,28H,3,8H2,1-2H3,(H,22,29). The van der Waals surface area contributed by atoms with Gasteiger partial charge >= 0.3 is 5.97 Å². The molecule has 2 heterocycles. The number of benzene rings is 1. The van der Waals surface area contributed by atoms with Gasteiger partial charge in [-0.05, 0) is 37.3 Å². The molecule has 1 aromatic carbocycles. The number of carbonyl (C=O) groups excluding carboxylic acids is 2. The topological polar surface area (TPSA) is 132 Å². The Balaban J connectivity index is 1.85. The van der Waals surface area contributed by atoms with Crippen molar-refractivity contribution in [3.63, 3.8) is 0 Å². The fourth-order valence-corrected chi connectivity index (χ4v) is 3.03. The van der Waals surface area contributed by atoms with Gasteiger partial charge in [0.1, 0.15) is 6.54 Å². The van der Waals surface area contributed by atoms with Gasteiger partial charge in [0.25, 0.3) is 5.91 Å². The number of ether oxygens (including phenoxy) is 1. The molecular formula is C18H16Cl2N6O4. The summed E-state index contributed by atoms with van der Waals surface area (Å²) in [7, 11) is 0. The summed E-state index contributed by atoms with van der Waals surface area (Å²) in [6.07, 6.45) is 1.33. The predicted octanol–water partition coefficient (Wildman–Crippen LogP) is 2.34. The molecule has 0 atom stereocenters. The SMILES string of the molecule is CCOC(=O)CNC(=O)c1ncc(-c2nnn(-c3cc(Cl)cc(Cl)c3)n2)c(C)c1O. The van der Waals surface area contributed by atoms with Gasteiger partial charge in [0.15, 0.2) is 11.4 Å². The molecule has 0 saturated heterocycles. The van der Waals surface area contributed by atoms with E-state index in [1.54, 1.807) is 32.0 Å². The molecule has 2 aromatic heterocycles. The number of nitrogens with one attached hydrogen (secondary N) is 1. The lowest BCUT2D eigenvalue weighted by Crippen LogP contribution is -2.31. The van der Waals surface area contributed by atoms with Gasteiger partial charge in [0.2, 0.25) is 5.82 Å². The fraction of sp³-hybridized carbons (Fsp3) is 0.222. The molecule has 0 radical (unpaired) electrons. The van der Waals surface area contributed by atoms with Crippen LogP contribution in [0.1, 0.15) is 23.0 Å². The highest BCUT2D eigenvalue weighted by Crippen LogP contribution is 2.29. The minimum Gasteiger partial charge on any atom is -0.505 e. The third kappa shape index (κ3) is 4.66. The summed E-state index contributed by atoms with van der Waals surface area (Å²) < 4.78 is 4.73. The zero-order chi connectivity index (χ0) is 21.8. The lowest BCUT2D eigenvalue weighted by Gasteiger charge is -2.09. The molecule has 0 aliphatic carbocycles. The van der Waals surface area contributed by atoms with Crippen molar-refractivity contribution in [2.75, 3.05) is 13.2 Å². The third-order valence-electron chi connectivity index (χ3n) is 3.95. The van der Waals surface area contributed by atoms with E-state index in [1.165, 1.54) is 11.0 Å². The molecule has 0 saturated carbocycles. The molecule has 0 aliphatic rings. The predicted molar refractivity (Wildman–Crippen MR) is 108 cm³/mol. The first-order valence-electron chi connectivity index (χ1n) is 8.69. The van der Waals surface area contributed by atoms with Gasteiger partial charge in [0, 0.05) is 27.4 Å². The Morgan fingerprint density at radius 3 is 2.60 bits per heavy atom. The smallest absolute Gasteiger partial charge is 0.325 e. The summed E-state index contributed by atoms with van der Waals surface area (Å²) in [6.45, 7) is 3.08. The number of carbonyl (C=O) groups is 2. The van der Waals surface area contributed by atoms with Crippen LogP contribution in [0.4, 0.5) is 0 Å². The summed E-state index contributed by atoms with van der Waals surface area (Å²) >= 11 is 12.0. The summed E-state index contributed by atoms with van der Waals surface area (Å²) in [6, 6.07) is 4.79. The average molecular weight is 451 g/mol. The van der Waals surface area contributed by atoms with Crippen molar-refractivity contribution in [1.82, 2.24) is 30.5 Å². The van der Waals surface area contributed by atoms with E-state index in [0.29, 0.717) is 26.9 Å². The first kappa shape index (κ1) is 21.5. The second kappa shape index (κ2) is 9.06. The van der Waals surface area contributed by atoms with E-state index >= 15 is 0 Å². The maximum Gasteiger partial charge on any atom is 0.325 e. The molecule has 0 bridgehead atoms. The molecular weight excluding hydrogens is 435 g/mol. The van der Waals surface area contributed by atoms with Crippen molar-refractivity contribution in [3.8, 4) is 22.8 Å². The van der Waals surface area contributed by atoms with Crippen LogP contribution in [-0.2, 0) is 9.53 Å². The molecule has 0 aliphatic heterocycles. The Hall–Kier alpha value is -3.24. The first-order chi connectivity index (χ1) is 14.3. The minimum absolute atomic E-state index is 0.171. The highest BCUT2D eigenvalue weighted by Gasteiger charge is 2.21. The number of amides is 1. The monoisotopic (exact) mass is 450 g/mol. The van der Waals surface area contributed by atoms with E-state index in [9.17, 15) is 14.7 Å². The average Bonchev–Trinajstić information content (AvgIpc) is 3.17. The number of pyridine rings is 1. The number of halogens is 2. The van der Waals surface area contributed by atoms with Crippen LogP contribution in [0, 0.1) is 6.92 Å². The molecule has 156 valence electrons. The van der Waals surface area contributed by atoms with Gasteiger partial charge in [-0.2, -0.15) is 0 Å². The maximum atomic E-state index is 12.2. The van der Waals surface area contributed by atoms with E-state index in [4.69, 9.17) is 27.9 Å². The van der Waals surface area contributed by atoms with Gasteiger partial charge < -0.3 is 15.2 Å². The summed E-state index contributed by atoms with van der Waals surface area (Å²) in [5, 5.41) is 25.7. The number of tetrazole rings is 1. The Kier molecular flexibility index (Phi) is 6.48. The third-order valence-corrected chi connectivity index (χ3v) is 4.39. The van der Waals surface area contributed by atoms with Crippen LogP contribution >= 0.6 is 23.2 Å². The minimum atomic E-state index is -0.722. The fourth-order valence-electron chi connectivity index (χ4n) is 2.52. The second-order valence-corrected chi connectivity index (χ2v) is 6.88.